The zero-order valence-electron chi connectivity index (χ0n) is 9.21. The van der Waals surface area contributed by atoms with Gasteiger partial charge in [-0.15, -0.1) is 0 Å². The normalized spacial score (nSPS) is 15.4. The van der Waals surface area contributed by atoms with Crippen molar-refractivity contribution in [2.45, 2.75) is 31.6 Å². The van der Waals surface area contributed by atoms with Gasteiger partial charge in [-0.05, 0) is 43.4 Å². The first-order valence-electron chi connectivity index (χ1n) is 5.12. The maximum Gasteiger partial charge on any atom is 0.265 e. The largest absolute Gasteiger partial charge is 0.492 e. The Bertz CT molecular complexity index is 535. The zero-order chi connectivity index (χ0) is 11.9. The maximum atomic E-state index is 11.6. The minimum Gasteiger partial charge on any atom is -0.492 e. The molecule has 1 aromatic carbocycles. The molecule has 0 saturated heterocycles. The monoisotopic (exact) mass is 260 g/mol. The van der Waals surface area contributed by atoms with Gasteiger partial charge in [0.25, 0.3) is 9.05 Å². The molecule has 3 nitrogen and oxygen atoms in total. The van der Waals surface area contributed by atoms with Crippen LogP contribution in [0.4, 0.5) is 0 Å². The smallest absolute Gasteiger partial charge is 0.265 e. The standard InChI is InChI=1S/C11H13ClO3S/c1-7-6-9-4-3-5-15-10(9)11(8(7)2)16(12,13)14/h6H,3-5H2,1-2H3. The minimum absolute atomic E-state index is 0.142. The van der Waals surface area contributed by atoms with E-state index in [-0.39, 0.29) is 4.90 Å². The molecular weight excluding hydrogens is 248 g/mol. The molecule has 0 saturated carbocycles. The van der Waals surface area contributed by atoms with Crippen molar-refractivity contribution in [1.29, 1.82) is 0 Å². The lowest BCUT2D eigenvalue weighted by Crippen LogP contribution is -2.13. The summed E-state index contributed by atoms with van der Waals surface area (Å²) >= 11 is 0. The highest BCUT2D eigenvalue weighted by Gasteiger charge is 2.26. The molecule has 1 aliphatic rings. The van der Waals surface area contributed by atoms with Crippen LogP contribution in [0.2, 0.25) is 0 Å². The lowest BCUT2D eigenvalue weighted by Gasteiger charge is -2.21. The Balaban J connectivity index is 2.79. The molecule has 0 fully saturated rings. The Morgan fingerprint density at radius 1 is 1.38 bits per heavy atom. The molecule has 16 heavy (non-hydrogen) atoms. The van der Waals surface area contributed by atoms with Gasteiger partial charge in [-0.25, -0.2) is 8.42 Å². The molecular formula is C11H13ClO3S. The van der Waals surface area contributed by atoms with Crippen LogP contribution in [-0.4, -0.2) is 15.0 Å². The van der Waals surface area contributed by atoms with Crippen molar-refractivity contribution in [2.24, 2.45) is 0 Å². The van der Waals surface area contributed by atoms with Crippen molar-refractivity contribution in [1.82, 2.24) is 0 Å². The Labute approximate surface area is 99.8 Å². The molecule has 0 spiro atoms. The number of fused-ring (bicyclic) bond motifs is 1. The fourth-order valence-corrected chi connectivity index (χ4v) is 3.50. The van der Waals surface area contributed by atoms with Crippen LogP contribution in [0.1, 0.15) is 23.1 Å². The molecule has 0 N–H and O–H groups in total. The van der Waals surface area contributed by atoms with E-state index in [0.717, 1.165) is 24.0 Å². The van der Waals surface area contributed by atoms with Crippen molar-refractivity contribution in [3.63, 3.8) is 0 Å². The summed E-state index contributed by atoms with van der Waals surface area (Å²) in [6, 6.07) is 1.98. The molecule has 1 aromatic rings. The van der Waals surface area contributed by atoms with E-state index < -0.39 is 9.05 Å². The summed E-state index contributed by atoms with van der Waals surface area (Å²) in [4.78, 5) is 0.142. The first-order valence-corrected chi connectivity index (χ1v) is 7.42. The number of hydrogen-bond acceptors (Lipinski definition) is 3. The Morgan fingerprint density at radius 2 is 2.06 bits per heavy atom. The fraction of sp³-hybridized carbons (Fsp3) is 0.455. The number of aryl methyl sites for hydroxylation is 2. The second-order valence-electron chi connectivity index (χ2n) is 4.03. The van der Waals surface area contributed by atoms with Gasteiger partial charge in [0.2, 0.25) is 0 Å². The molecule has 88 valence electrons. The van der Waals surface area contributed by atoms with Crippen LogP contribution >= 0.6 is 10.7 Å². The second kappa shape index (κ2) is 3.93. The van der Waals surface area contributed by atoms with Gasteiger partial charge in [0.1, 0.15) is 10.6 Å². The third-order valence-corrected chi connectivity index (χ3v) is 4.34. The summed E-state index contributed by atoms with van der Waals surface area (Å²) in [6.07, 6.45) is 1.76. The highest BCUT2D eigenvalue weighted by atomic mass is 35.7. The quantitative estimate of drug-likeness (QED) is 0.729. The average Bonchev–Trinajstić information content (AvgIpc) is 2.17. The van der Waals surface area contributed by atoms with Gasteiger partial charge in [0.05, 0.1) is 6.61 Å². The lowest BCUT2D eigenvalue weighted by atomic mass is 10.00. The summed E-state index contributed by atoms with van der Waals surface area (Å²) in [7, 11) is 1.71. The predicted molar refractivity (Wildman–Crippen MR) is 62.8 cm³/mol. The third kappa shape index (κ3) is 1.92. The minimum atomic E-state index is -3.75. The predicted octanol–water partition coefficient (Wildman–Crippen LogP) is 2.56. The van der Waals surface area contributed by atoms with Crippen molar-refractivity contribution in [2.75, 3.05) is 6.61 Å². The first kappa shape index (κ1) is 11.7. The molecule has 0 atom stereocenters. The molecule has 1 heterocycles. The Hall–Kier alpha value is -0.740. The van der Waals surface area contributed by atoms with E-state index in [9.17, 15) is 8.42 Å². The van der Waals surface area contributed by atoms with Crippen LogP contribution in [0, 0.1) is 13.8 Å². The second-order valence-corrected chi connectivity index (χ2v) is 6.53. The topological polar surface area (TPSA) is 43.4 Å². The third-order valence-electron chi connectivity index (χ3n) is 2.90. The number of ether oxygens (including phenoxy) is 1. The Kier molecular flexibility index (Phi) is 2.88. The summed E-state index contributed by atoms with van der Waals surface area (Å²) in [5.41, 5.74) is 2.55. The molecule has 2 rings (SSSR count). The van der Waals surface area contributed by atoms with Crippen LogP contribution < -0.4 is 4.74 Å². The molecule has 0 aromatic heterocycles. The van der Waals surface area contributed by atoms with Gasteiger partial charge in [-0.1, -0.05) is 6.07 Å². The van der Waals surface area contributed by atoms with Crippen molar-refractivity contribution >= 4 is 19.7 Å². The van der Waals surface area contributed by atoms with Gasteiger partial charge < -0.3 is 4.74 Å². The van der Waals surface area contributed by atoms with E-state index in [1.54, 1.807) is 6.92 Å². The molecule has 0 unspecified atom stereocenters. The molecule has 1 aliphatic heterocycles. The molecule has 0 bridgehead atoms. The van der Waals surface area contributed by atoms with E-state index in [1.165, 1.54) is 0 Å². The zero-order valence-corrected chi connectivity index (χ0v) is 10.8. The number of benzene rings is 1. The van der Waals surface area contributed by atoms with Gasteiger partial charge in [-0.3, -0.25) is 0 Å². The SMILES string of the molecule is Cc1cc2c(c(S(=O)(=O)Cl)c1C)OCCC2. The Morgan fingerprint density at radius 3 is 2.69 bits per heavy atom. The molecule has 0 aliphatic carbocycles. The van der Waals surface area contributed by atoms with E-state index in [2.05, 4.69) is 0 Å². The highest BCUT2D eigenvalue weighted by molar-refractivity contribution is 8.13. The van der Waals surface area contributed by atoms with Crippen molar-refractivity contribution in [3.8, 4) is 5.75 Å². The van der Waals surface area contributed by atoms with Crippen LogP contribution in [0.3, 0.4) is 0 Å². The first-order chi connectivity index (χ1) is 7.41. The summed E-state index contributed by atoms with van der Waals surface area (Å²) in [6.45, 7) is 4.19. The van der Waals surface area contributed by atoms with Crippen LogP contribution in [-0.2, 0) is 15.5 Å². The lowest BCUT2D eigenvalue weighted by molar-refractivity contribution is 0.280. The molecule has 0 radical (unpaired) electrons. The number of hydrogen-bond donors (Lipinski definition) is 0. The fourth-order valence-electron chi connectivity index (χ4n) is 2.00. The van der Waals surface area contributed by atoms with E-state index in [0.29, 0.717) is 17.9 Å². The van der Waals surface area contributed by atoms with Crippen LogP contribution in [0.25, 0.3) is 0 Å². The molecule has 5 heteroatoms. The van der Waals surface area contributed by atoms with E-state index >= 15 is 0 Å². The summed E-state index contributed by atoms with van der Waals surface area (Å²) in [5, 5.41) is 0. The van der Waals surface area contributed by atoms with Gasteiger partial charge in [0.15, 0.2) is 0 Å². The maximum absolute atomic E-state index is 11.6. The molecule has 0 amide bonds. The van der Waals surface area contributed by atoms with Crippen LogP contribution in [0.15, 0.2) is 11.0 Å². The summed E-state index contributed by atoms with van der Waals surface area (Å²) < 4.78 is 28.6. The average molecular weight is 261 g/mol. The van der Waals surface area contributed by atoms with Gasteiger partial charge in [-0.2, -0.15) is 0 Å². The highest BCUT2D eigenvalue weighted by Crippen LogP contribution is 2.38. The van der Waals surface area contributed by atoms with Crippen molar-refractivity contribution < 1.29 is 13.2 Å². The van der Waals surface area contributed by atoms with E-state index in [4.69, 9.17) is 15.4 Å². The number of halogens is 1. The van der Waals surface area contributed by atoms with Gasteiger partial charge >= 0.3 is 0 Å². The number of rotatable bonds is 1. The van der Waals surface area contributed by atoms with E-state index in [1.807, 2.05) is 13.0 Å². The van der Waals surface area contributed by atoms with Crippen molar-refractivity contribution in [3.05, 3.63) is 22.8 Å². The summed E-state index contributed by atoms with van der Waals surface area (Å²) in [5.74, 6) is 0.448. The van der Waals surface area contributed by atoms with Gasteiger partial charge in [0, 0.05) is 10.7 Å². The van der Waals surface area contributed by atoms with Crippen LogP contribution in [0.5, 0.6) is 5.75 Å².